The van der Waals surface area contributed by atoms with Gasteiger partial charge in [-0.25, -0.2) is 4.98 Å². The van der Waals surface area contributed by atoms with Crippen LogP contribution in [-0.2, 0) is 13.0 Å². The van der Waals surface area contributed by atoms with Gasteiger partial charge in [-0.2, -0.15) is 0 Å². The number of anilines is 1. The Morgan fingerprint density at radius 1 is 1.50 bits per heavy atom. The molecule has 6 heteroatoms. The molecule has 1 aliphatic rings. The average Bonchev–Trinajstić information content (AvgIpc) is 2.76. The molecule has 0 aliphatic carbocycles. The summed E-state index contributed by atoms with van der Waals surface area (Å²) in [5.41, 5.74) is 7.52. The van der Waals surface area contributed by atoms with Gasteiger partial charge in [0.1, 0.15) is 4.88 Å². The molecule has 3 rings (SSSR count). The number of rotatable bonds is 2. The first-order valence-corrected chi connectivity index (χ1v) is 6.49. The van der Waals surface area contributed by atoms with E-state index < -0.39 is 0 Å². The number of carbonyl (C=O) groups excluding carboxylic acids is 1. The Labute approximate surface area is 108 Å². The zero-order valence-electron chi connectivity index (χ0n) is 9.67. The summed E-state index contributed by atoms with van der Waals surface area (Å²) < 4.78 is 0. The fourth-order valence-electron chi connectivity index (χ4n) is 2.06. The molecule has 1 amide bonds. The number of hydrogen-bond donors (Lipinski definition) is 1. The first kappa shape index (κ1) is 11.2. The number of aromatic nitrogens is 2. The predicted molar refractivity (Wildman–Crippen MR) is 69.2 cm³/mol. The van der Waals surface area contributed by atoms with Gasteiger partial charge in [0.25, 0.3) is 5.91 Å². The Kier molecular flexibility index (Phi) is 2.71. The van der Waals surface area contributed by atoms with Crippen LogP contribution in [0.1, 0.15) is 20.9 Å². The molecule has 0 saturated carbocycles. The summed E-state index contributed by atoms with van der Waals surface area (Å²) in [5.74, 6) is 0.0225. The lowest BCUT2D eigenvalue weighted by atomic mass is 10.1. The maximum atomic E-state index is 12.3. The zero-order chi connectivity index (χ0) is 12.5. The van der Waals surface area contributed by atoms with Gasteiger partial charge < -0.3 is 10.6 Å². The van der Waals surface area contributed by atoms with Crippen LogP contribution in [0.15, 0.2) is 24.5 Å². The van der Waals surface area contributed by atoms with E-state index in [-0.39, 0.29) is 5.91 Å². The molecule has 18 heavy (non-hydrogen) atoms. The van der Waals surface area contributed by atoms with Crippen molar-refractivity contribution < 1.29 is 4.79 Å². The molecule has 0 atom stereocenters. The highest BCUT2D eigenvalue weighted by Gasteiger charge is 2.27. The van der Waals surface area contributed by atoms with E-state index in [0.29, 0.717) is 23.1 Å². The van der Waals surface area contributed by atoms with Gasteiger partial charge in [0.2, 0.25) is 0 Å². The highest BCUT2D eigenvalue weighted by Crippen LogP contribution is 2.27. The number of nitrogen functional groups attached to an aromatic ring is 1. The number of nitrogens with two attached hydrogens (primary N) is 1. The van der Waals surface area contributed by atoms with Crippen LogP contribution in [0, 0.1) is 0 Å². The molecule has 92 valence electrons. The first-order chi connectivity index (χ1) is 8.74. The van der Waals surface area contributed by atoms with Crippen LogP contribution < -0.4 is 5.73 Å². The lowest BCUT2D eigenvalue weighted by Crippen LogP contribution is -2.36. The standard InChI is InChI=1S/C12H12N4OS/c13-12-15-9-3-5-16(11(17)10(9)18-12)7-8-2-1-4-14-6-8/h1-2,4,6H,3,5,7H2,(H2,13,15). The van der Waals surface area contributed by atoms with Crippen LogP contribution >= 0.6 is 11.3 Å². The van der Waals surface area contributed by atoms with Crippen molar-refractivity contribution in [2.75, 3.05) is 12.3 Å². The van der Waals surface area contributed by atoms with Gasteiger partial charge in [-0.05, 0) is 11.6 Å². The van der Waals surface area contributed by atoms with Gasteiger partial charge >= 0.3 is 0 Å². The molecule has 2 aromatic rings. The highest BCUT2D eigenvalue weighted by molar-refractivity contribution is 7.17. The van der Waals surface area contributed by atoms with Crippen LogP contribution in [0.25, 0.3) is 0 Å². The van der Waals surface area contributed by atoms with Gasteiger partial charge in [0, 0.05) is 31.9 Å². The number of fused-ring (bicyclic) bond motifs is 1. The van der Waals surface area contributed by atoms with E-state index in [1.54, 1.807) is 12.4 Å². The maximum absolute atomic E-state index is 12.3. The van der Waals surface area contributed by atoms with Crippen LogP contribution in [0.3, 0.4) is 0 Å². The third kappa shape index (κ3) is 1.95. The molecule has 0 aromatic carbocycles. The van der Waals surface area contributed by atoms with Gasteiger partial charge in [0.15, 0.2) is 5.13 Å². The number of nitrogens with zero attached hydrogens (tertiary/aromatic N) is 3. The quantitative estimate of drug-likeness (QED) is 0.884. The van der Waals surface area contributed by atoms with Gasteiger partial charge in [-0.3, -0.25) is 9.78 Å². The Morgan fingerprint density at radius 3 is 3.17 bits per heavy atom. The summed E-state index contributed by atoms with van der Waals surface area (Å²) in [7, 11) is 0. The zero-order valence-corrected chi connectivity index (χ0v) is 10.5. The van der Waals surface area contributed by atoms with E-state index in [9.17, 15) is 4.79 Å². The van der Waals surface area contributed by atoms with Crippen LogP contribution in [0.2, 0.25) is 0 Å². The molecule has 2 N–H and O–H groups in total. The molecule has 0 unspecified atom stereocenters. The smallest absolute Gasteiger partial charge is 0.266 e. The minimum absolute atomic E-state index is 0.0225. The third-order valence-electron chi connectivity index (χ3n) is 2.91. The van der Waals surface area contributed by atoms with Crippen molar-refractivity contribution in [2.45, 2.75) is 13.0 Å². The Bertz CT molecular complexity index is 581. The Balaban J connectivity index is 1.82. The van der Waals surface area contributed by atoms with Gasteiger partial charge in [0.05, 0.1) is 5.69 Å². The number of thiazole rings is 1. The van der Waals surface area contributed by atoms with Crippen molar-refractivity contribution in [3.63, 3.8) is 0 Å². The minimum atomic E-state index is 0.0225. The van der Waals surface area contributed by atoms with E-state index in [4.69, 9.17) is 5.73 Å². The molecule has 3 heterocycles. The third-order valence-corrected chi connectivity index (χ3v) is 3.82. The van der Waals surface area contributed by atoms with Crippen molar-refractivity contribution in [2.24, 2.45) is 0 Å². The van der Waals surface area contributed by atoms with Crippen LogP contribution in [0.4, 0.5) is 5.13 Å². The first-order valence-electron chi connectivity index (χ1n) is 5.67. The Morgan fingerprint density at radius 2 is 2.39 bits per heavy atom. The average molecular weight is 260 g/mol. The van der Waals surface area contributed by atoms with E-state index in [1.807, 2.05) is 17.0 Å². The van der Waals surface area contributed by atoms with Crippen LogP contribution in [-0.4, -0.2) is 27.3 Å². The number of pyridine rings is 1. The fraction of sp³-hybridized carbons (Fsp3) is 0.250. The summed E-state index contributed by atoms with van der Waals surface area (Å²) in [6, 6.07) is 3.84. The second kappa shape index (κ2) is 4.38. The SMILES string of the molecule is Nc1nc2c(s1)C(=O)N(Cc1cccnc1)CC2. The molecule has 0 bridgehead atoms. The van der Waals surface area contributed by atoms with Crippen molar-refractivity contribution in [3.05, 3.63) is 40.7 Å². The van der Waals surface area contributed by atoms with Gasteiger partial charge in [-0.15, -0.1) is 0 Å². The molecule has 0 radical (unpaired) electrons. The van der Waals surface area contributed by atoms with E-state index in [0.717, 1.165) is 17.7 Å². The molecule has 1 aliphatic heterocycles. The highest BCUT2D eigenvalue weighted by atomic mass is 32.1. The fourth-order valence-corrected chi connectivity index (χ4v) is 2.90. The summed E-state index contributed by atoms with van der Waals surface area (Å²) in [6.07, 6.45) is 4.28. The number of hydrogen-bond acceptors (Lipinski definition) is 5. The largest absolute Gasteiger partial charge is 0.375 e. The summed E-state index contributed by atoms with van der Waals surface area (Å²) in [4.78, 5) is 23.0. The van der Waals surface area contributed by atoms with E-state index >= 15 is 0 Å². The molecule has 2 aromatic heterocycles. The van der Waals surface area contributed by atoms with Crippen LogP contribution in [0.5, 0.6) is 0 Å². The van der Waals surface area contributed by atoms with Gasteiger partial charge in [-0.1, -0.05) is 17.4 Å². The maximum Gasteiger partial charge on any atom is 0.266 e. The lowest BCUT2D eigenvalue weighted by Gasteiger charge is -2.25. The van der Waals surface area contributed by atoms with E-state index in [1.165, 1.54) is 11.3 Å². The minimum Gasteiger partial charge on any atom is -0.375 e. The summed E-state index contributed by atoms with van der Waals surface area (Å²) >= 11 is 1.27. The number of carbonyl (C=O) groups is 1. The predicted octanol–water partition coefficient (Wildman–Crippen LogP) is 1.32. The van der Waals surface area contributed by atoms with Crippen molar-refractivity contribution in [1.29, 1.82) is 0 Å². The lowest BCUT2D eigenvalue weighted by molar-refractivity contribution is 0.0731. The van der Waals surface area contributed by atoms with Crippen molar-refractivity contribution >= 4 is 22.4 Å². The molecular formula is C12H12N4OS. The number of amides is 1. The van der Waals surface area contributed by atoms with Crippen molar-refractivity contribution in [1.82, 2.24) is 14.9 Å². The normalized spacial score (nSPS) is 14.7. The molecule has 0 saturated heterocycles. The second-order valence-electron chi connectivity index (χ2n) is 4.17. The molecule has 0 spiro atoms. The molecular weight excluding hydrogens is 248 g/mol. The monoisotopic (exact) mass is 260 g/mol. The summed E-state index contributed by atoms with van der Waals surface area (Å²) in [6.45, 7) is 1.27. The topological polar surface area (TPSA) is 72.1 Å². The molecule has 0 fully saturated rings. The second-order valence-corrected chi connectivity index (χ2v) is 5.20. The van der Waals surface area contributed by atoms with E-state index in [2.05, 4.69) is 9.97 Å². The summed E-state index contributed by atoms with van der Waals surface area (Å²) in [5, 5.41) is 0.469. The van der Waals surface area contributed by atoms with Crippen molar-refractivity contribution in [3.8, 4) is 0 Å². The Hall–Kier alpha value is -1.95. The molecule has 5 nitrogen and oxygen atoms in total.